The first kappa shape index (κ1) is 16.8. The van der Waals surface area contributed by atoms with Crippen molar-refractivity contribution in [3.05, 3.63) is 12.7 Å². The van der Waals surface area contributed by atoms with E-state index in [2.05, 4.69) is 23.5 Å². The van der Waals surface area contributed by atoms with Crippen molar-refractivity contribution in [1.29, 1.82) is 0 Å². The second-order valence-electron chi connectivity index (χ2n) is 3.87. The van der Waals surface area contributed by atoms with E-state index < -0.39 is 18.0 Å². The zero-order chi connectivity index (χ0) is 13.8. The van der Waals surface area contributed by atoms with Crippen molar-refractivity contribution in [2.75, 3.05) is 18.6 Å². The van der Waals surface area contributed by atoms with Gasteiger partial charge in [-0.05, 0) is 31.3 Å². The van der Waals surface area contributed by atoms with Gasteiger partial charge in [0.25, 0.3) is 0 Å². The lowest BCUT2D eigenvalue weighted by Gasteiger charge is -2.13. The van der Waals surface area contributed by atoms with E-state index in [1.54, 1.807) is 0 Å². The van der Waals surface area contributed by atoms with Gasteiger partial charge >= 0.3 is 12.0 Å². The summed E-state index contributed by atoms with van der Waals surface area (Å²) in [4.78, 5) is 22.2. The molecule has 0 aromatic rings. The molecule has 0 bridgehead atoms. The number of hydrogen-bond acceptors (Lipinski definition) is 3. The second-order valence-corrected chi connectivity index (χ2v) is 4.85. The van der Waals surface area contributed by atoms with Gasteiger partial charge in [-0.15, -0.1) is 6.58 Å². The number of carbonyl (C=O) groups excluding carboxylic acids is 1. The molecule has 0 saturated heterocycles. The minimum Gasteiger partial charge on any atom is -0.480 e. The highest BCUT2D eigenvalue weighted by Gasteiger charge is 2.17. The molecule has 0 aliphatic heterocycles. The number of nitrogens with one attached hydrogen (secondary N) is 2. The quantitative estimate of drug-likeness (QED) is 0.419. The van der Waals surface area contributed by atoms with Crippen LogP contribution < -0.4 is 10.6 Å². The molecule has 0 heterocycles. The Bertz CT molecular complexity index is 272. The number of carbonyl (C=O) groups is 2. The summed E-state index contributed by atoms with van der Waals surface area (Å²) < 4.78 is 0. The van der Waals surface area contributed by atoms with Gasteiger partial charge < -0.3 is 15.7 Å². The van der Waals surface area contributed by atoms with Crippen LogP contribution in [0.4, 0.5) is 4.79 Å². The molecule has 0 fully saturated rings. The minimum absolute atomic E-state index is 0.219. The van der Waals surface area contributed by atoms with Gasteiger partial charge in [0.05, 0.1) is 0 Å². The van der Waals surface area contributed by atoms with E-state index in [-0.39, 0.29) is 6.42 Å². The lowest BCUT2D eigenvalue weighted by atomic mass is 10.2. The minimum atomic E-state index is -1.05. The lowest BCUT2D eigenvalue weighted by Crippen LogP contribution is -2.45. The van der Waals surface area contributed by atoms with E-state index in [1.165, 1.54) is 6.08 Å². The maximum Gasteiger partial charge on any atom is 0.326 e. The summed E-state index contributed by atoms with van der Waals surface area (Å²) in [5, 5.41) is 13.9. The van der Waals surface area contributed by atoms with Crippen LogP contribution in [0, 0.1) is 0 Å². The first-order valence-corrected chi connectivity index (χ1v) is 7.38. The van der Waals surface area contributed by atoms with Crippen LogP contribution in [0.15, 0.2) is 12.7 Å². The number of aliphatic carboxylic acids is 1. The van der Waals surface area contributed by atoms with E-state index in [9.17, 15) is 9.59 Å². The molecule has 0 spiro atoms. The molecule has 0 radical (unpaired) electrons. The monoisotopic (exact) mass is 274 g/mol. The van der Waals surface area contributed by atoms with Crippen molar-refractivity contribution in [1.82, 2.24) is 10.6 Å². The van der Waals surface area contributed by atoms with Crippen molar-refractivity contribution in [2.45, 2.75) is 31.7 Å². The lowest BCUT2D eigenvalue weighted by molar-refractivity contribution is -0.139. The Kier molecular flexibility index (Phi) is 10.2. The normalized spacial score (nSPS) is 11.6. The van der Waals surface area contributed by atoms with Crippen molar-refractivity contribution in [3.63, 3.8) is 0 Å². The van der Waals surface area contributed by atoms with Crippen LogP contribution in [0.25, 0.3) is 0 Å². The number of amides is 2. The number of carboxylic acid groups (broad SMARTS) is 1. The SMILES string of the molecule is C=CCC(NC(=O)NCCCCCSC)C(=O)O. The standard InChI is InChI=1S/C12H22N2O3S/c1-3-7-10(11(15)16)14-12(17)13-8-5-4-6-9-18-2/h3,10H,1,4-9H2,2H3,(H,15,16)(H2,13,14,17). The molecule has 5 nitrogen and oxygen atoms in total. The van der Waals surface area contributed by atoms with Gasteiger partial charge in [0.1, 0.15) is 6.04 Å². The van der Waals surface area contributed by atoms with E-state index in [1.807, 2.05) is 11.8 Å². The van der Waals surface area contributed by atoms with Crippen molar-refractivity contribution >= 4 is 23.8 Å². The van der Waals surface area contributed by atoms with Gasteiger partial charge in [0.2, 0.25) is 0 Å². The Morgan fingerprint density at radius 1 is 1.39 bits per heavy atom. The van der Waals surface area contributed by atoms with Gasteiger partial charge in [-0.25, -0.2) is 9.59 Å². The Balaban J connectivity index is 3.68. The molecular weight excluding hydrogens is 252 g/mol. The highest BCUT2D eigenvalue weighted by atomic mass is 32.2. The molecule has 0 saturated carbocycles. The van der Waals surface area contributed by atoms with Gasteiger partial charge in [-0.1, -0.05) is 12.5 Å². The number of thioether (sulfide) groups is 1. The molecule has 0 aromatic carbocycles. The van der Waals surface area contributed by atoms with Crippen LogP contribution in [0.1, 0.15) is 25.7 Å². The molecular formula is C12H22N2O3S. The number of hydrogen-bond donors (Lipinski definition) is 3. The third kappa shape index (κ3) is 8.92. The summed E-state index contributed by atoms with van der Waals surface area (Å²) in [6.07, 6.45) is 6.87. The average Bonchev–Trinajstić information content (AvgIpc) is 2.33. The summed E-state index contributed by atoms with van der Waals surface area (Å²) in [6, 6.07) is -1.34. The molecule has 1 unspecified atom stereocenters. The number of unbranched alkanes of at least 4 members (excludes halogenated alkanes) is 2. The van der Waals surface area contributed by atoms with Crippen LogP contribution in [0.3, 0.4) is 0 Å². The molecule has 0 rings (SSSR count). The van der Waals surface area contributed by atoms with Crippen molar-refractivity contribution in [3.8, 4) is 0 Å². The summed E-state index contributed by atoms with van der Waals surface area (Å²) >= 11 is 1.81. The smallest absolute Gasteiger partial charge is 0.326 e. The van der Waals surface area contributed by atoms with E-state index in [0.717, 1.165) is 25.0 Å². The molecule has 18 heavy (non-hydrogen) atoms. The highest BCUT2D eigenvalue weighted by molar-refractivity contribution is 7.98. The second kappa shape index (κ2) is 11.0. The van der Waals surface area contributed by atoms with Crippen molar-refractivity contribution in [2.24, 2.45) is 0 Å². The summed E-state index contributed by atoms with van der Waals surface area (Å²) in [7, 11) is 0. The molecule has 0 aliphatic carbocycles. The van der Waals surface area contributed by atoms with E-state index in [0.29, 0.717) is 6.54 Å². The van der Waals surface area contributed by atoms with Gasteiger partial charge in [0, 0.05) is 6.54 Å². The highest BCUT2D eigenvalue weighted by Crippen LogP contribution is 2.01. The van der Waals surface area contributed by atoms with Crippen LogP contribution in [0.5, 0.6) is 0 Å². The molecule has 3 N–H and O–H groups in total. The van der Waals surface area contributed by atoms with Crippen molar-refractivity contribution < 1.29 is 14.7 Å². The van der Waals surface area contributed by atoms with Gasteiger partial charge in [0.15, 0.2) is 0 Å². The zero-order valence-corrected chi connectivity index (χ0v) is 11.6. The number of urea groups is 1. The third-order valence-corrected chi connectivity index (χ3v) is 3.01. The van der Waals surface area contributed by atoms with Crippen LogP contribution in [-0.4, -0.2) is 41.7 Å². The molecule has 1 atom stereocenters. The fourth-order valence-corrected chi connectivity index (χ4v) is 1.84. The van der Waals surface area contributed by atoms with E-state index in [4.69, 9.17) is 5.11 Å². The Morgan fingerprint density at radius 3 is 2.67 bits per heavy atom. The van der Waals surface area contributed by atoms with Crippen LogP contribution in [-0.2, 0) is 4.79 Å². The molecule has 104 valence electrons. The number of rotatable bonds is 10. The fraction of sp³-hybridized carbons (Fsp3) is 0.667. The zero-order valence-electron chi connectivity index (χ0n) is 10.8. The molecule has 0 aliphatic rings. The molecule has 6 heteroatoms. The predicted molar refractivity (Wildman–Crippen MR) is 75.0 cm³/mol. The maximum atomic E-state index is 11.4. The largest absolute Gasteiger partial charge is 0.480 e. The Morgan fingerprint density at radius 2 is 2.11 bits per heavy atom. The first-order chi connectivity index (χ1) is 8.61. The summed E-state index contributed by atoms with van der Waals surface area (Å²) in [5.74, 6) is 0.0807. The van der Waals surface area contributed by atoms with Gasteiger partial charge in [-0.3, -0.25) is 0 Å². The summed E-state index contributed by atoms with van der Waals surface area (Å²) in [6.45, 7) is 4.03. The van der Waals surface area contributed by atoms with Gasteiger partial charge in [-0.2, -0.15) is 11.8 Å². The van der Waals surface area contributed by atoms with E-state index >= 15 is 0 Å². The maximum absolute atomic E-state index is 11.4. The number of carboxylic acids is 1. The summed E-state index contributed by atoms with van der Waals surface area (Å²) in [5.41, 5.74) is 0. The van der Waals surface area contributed by atoms with Crippen LogP contribution in [0.2, 0.25) is 0 Å². The third-order valence-electron chi connectivity index (χ3n) is 2.32. The average molecular weight is 274 g/mol. The Labute approximate surface area is 112 Å². The topological polar surface area (TPSA) is 78.4 Å². The molecule has 0 aromatic heterocycles. The van der Waals surface area contributed by atoms with Crippen LogP contribution >= 0.6 is 11.8 Å². The molecule has 2 amide bonds. The fourth-order valence-electron chi connectivity index (χ4n) is 1.35. The first-order valence-electron chi connectivity index (χ1n) is 5.98. The predicted octanol–water partition coefficient (Wildman–Crippen LogP) is 1.85. The Hall–Kier alpha value is -1.17.